The van der Waals surface area contributed by atoms with Crippen LogP contribution in [-0.4, -0.2) is 25.1 Å². The molecule has 0 N–H and O–H groups in total. The molecule has 0 aliphatic carbocycles. The van der Waals surface area contributed by atoms with Crippen LogP contribution in [0.15, 0.2) is 48.5 Å². The van der Waals surface area contributed by atoms with Gasteiger partial charge in [0.15, 0.2) is 25.1 Å². The standard InChI is InChI=1S/C20H12O4/c21-9-14-5-3-6-15(10-22)19(14)20-16(11-23)8-13-4-1-2-7-17(13)18(20)12-24/h1-12H. The first-order chi connectivity index (χ1) is 11.7. The van der Waals surface area contributed by atoms with E-state index in [4.69, 9.17) is 0 Å². The number of hydrogen-bond acceptors (Lipinski definition) is 4. The Hall–Kier alpha value is -3.40. The van der Waals surface area contributed by atoms with Crippen molar-refractivity contribution in [1.82, 2.24) is 0 Å². The van der Waals surface area contributed by atoms with Gasteiger partial charge in [0.1, 0.15) is 0 Å². The summed E-state index contributed by atoms with van der Waals surface area (Å²) in [4.78, 5) is 46.3. The summed E-state index contributed by atoms with van der Waals surface area (Å²) in [6.45, 7) is 0. The van der Waals surface area contributed by atoms with E-state index < -0.39 is 0 Å². The Morgan fingerprint density at radius 3 is 1.79 bits per heavy atom. The van der Waals surface area contributed by atoms with Crippen molar-refractivity contribution in [3.63, 3.8) is 0 Å². The van der Waals surface area contributed by atoms with Crippen molar-refractivity contribution in [2.75, 3.05) is 0 Å². The SMILES string of the molecule is O=Cc1cccc(C=O)c1-c1c(C=O)cc2ccccc2c1C=O. The number of rotatable bonds is 5. The van der Waals surface area contributed by atoms with Crippen molar-refractivity contribution in [3.8, 4) is 11.1 Å². The van der Waals surface area contributed by atoms with Crippen LogP contribution in [0.5, 0.6) is 0 Å². The van der Waals surface area contributed by atoms with Gasteiger partial charge in [-0.3, -0.25) is 19.2 Å². The van der Waals surface area contributed by atoms with Gasteiger partial charge in [-0.1, -0.05) is 42.5 Å². The van der Waals surface area contributed by atoms with E-state index >= 15 is 0 Å². The number of fused-ring (bicyclic) bond motifs is 1. The first kappa shape index (κ1) is 15.5. The molecule has 0 aliphatic heterocycles. The zero-order valence-corrected chi connectivity index (χ0v) is 12.6. The van der Waals surface area contributed by atoms with Gasteiger partial charge in [-0.2, -0.15) is 0 Å². The molecule has 0 spiro atoms. The average molecular weight is 316 g/mol. The van der Waals surface area contributed by atoms with E-state index in [0.29, 0.717) is 41.7 Å². The fourth-order valence-corrected chi connectivity index (χ4v) is 2.97. The van der Waals surface area contributed by atoms with Crippen LogP contribution in [0.2, 0.25) is 0 Å². The lowest BCUT2D eigenvalue weighted by Gasteiger charge is -2.15. The second-order valence-corrected chi connectivity index (χ2v) is 5.26. The number of carbonyl (C=O) groups is 4. The van der Waals surface area contributed by atoms with Crippen LogP contribution in [0.4, 0.5) is 0 Å². The highest BCUT2D eigenvalue weighted by Gasteiger charge is 2.19. The predicted octanol–water partition coefficient (Wildman–Crippen LogP) is 3.76. The molecule has 0 heterocycles. The third-order valence-corrected chi connectivity index (χ3v) is 4.00. The highest BCUT2D eigenvalue weighted by atomic mass is 16.1. The maximum absolute atomic E-state index is 11.8. The summed E-state index contributed by atoms with van der Waals surface area (Å²) in [6, 6.07) is 13.5. The molecule has 116 valence electrons. The Balaban J connectivity index is 2.55. The van der Waals surface area contributed by atoms with E-state index in [1.165, 1.54) is 0 Å². The van der Waals surface area contributed by atoms with Crippen molar-refractivity contribution < 1.29 is 19.2 Å². The lowest BCUT2D eigenvalue weighted by Crippen LogP contribution is -2.02. The van der Waals surface area contributed by atoms with Crippen molar-refractivity contribution >= 4 is 35.9 Å². The van der Waals surface area contributed by atoms with Gasteiger partial charge < -0.3 is 0 Å². The highest BCUT2D eigenvalue weighted by molar-refractivity contribution is 6.13. The molecule has 0 aliphatic rings. The Labute approximate surface area is 137 Å². The molecule has 0 atom stereocenters. The normalized spacial score (nSPS) is 10.3. The molecule has 3 aromatic carbocycles. The van der Waals surface area contributed by atoms with Gasteiger partial charge in [0.25, 0.3) is 0 Å². The largest absolute Gasteiger partial charge is 0.298 e. The zero-order chi connectivity index (χ0) is 17.1. The molecule has 0 bridgehead atoms. The molecular weight excluding hydrogens is 304 g/mol. The first-order valence-corrected chi connectivity index (χ1v) is 7.25. The molecule has 24 heavy (non-hydrogen) atoms. The minimum atomic E-state index is 0.251. The van der Waals surface area contributed by atoms with Crippen LogP contribution >= 0.6 is 0 Å². The van der Waals surface area contributed by atoms with Gasteiger partial charge in [0.05, 0.1) is 0 Å². The Morgan fingerprint density at radius 2 is 1.21 bits per heavy atom. The summed E-state index contributed by atoms with van der Waals surface area (Å²) >= 11 is 0. The third-order valence-electron chi connectivity index (χ3n) is 4.00. The van der Waals surface area contributed by atoms with Crippen LogP contribution in [0.1, 0.15) is 41.4 Å². The van der Waals surface area contributed by atoms with Gasteiger partial charge in [-0.15, -0.1) is 0 Å². The minimum Gasteiger partial charge on any atom is -0.298 e. The summed E-state index contributed by atoms with van der Waals surface area (Å²) in [5.74, 6) is 0. The van der Waals surface area contributed by atoms with Crippen molar-refractivity contribution in [1.29, 1.82) is 0 Å². The maximum atomic E-state index is 11.8. The van der Waals surface area contributed by atoms with E-state index in [2.05, 4.69) is 0 Å². The minimum absolute atomic E-state index is 0.251. The molecule has 0 unspecified atom stereocenters. The predicted molar refractivity (Wildman–Crippen MR) is 90.9 cm³/mol. The molecule has 0 aromatic heterocycles. The van der Waals surface area contributed by atoms with Crippen molar-refractivity contribution in [3.05, 3.63) is 70.8 Å². The van der Waals surface area contributed by atoms with Crippen LogP contribution < -0.4 is 0 Å². The Kier molecular flexibility index (Phi) is 4.12. The third kappa shape index (κ3) is 2.34. The van der Waals surface area contributed by atoms with Gasteiger partial charge in [-0.05, 0) is 16.8 Å². The number of aldehydes is 4. The highest BCUT2D eigenvalue weighted by Crippen LogP contribution is 2.35. The topological polar surface area (TPSA) is 68.3 Å². The Bertz CT molecular complexity index is 960. The van der Waals surface area contributed by atoms with E-state index in [-0.39, 0.29) is 22.3 Å². The molecule has 0 fully saturated rings. The van der Waals surface area contributed by atoms with Crippen LogP contribution in [-0.2, 0) is 0 Å². The molecule has 4 heteroatoms. The number of hydrogen-bond donors (Lipinski definition) is 0. The fourth-order valence-electron chi connectivity index (χ4n) is 2.97. The zero-order valence-electron chi connectivity index (χ0n) is 12.6. The summed E-state index contributed by atoms with van der Waals surface area (Å²) in [5, 5.41) is 1.40. The van der Waals surface area contributed by atoms with Crippen LogP contribution in [0, 0.1) is 0 Å². The second kappa shape index (κ2) is 6.38. The quantitative estimate of drug-likeness (QED) is 0.672. The van der Waals surface area contributed by atoms with Crippen molar-refractivity contribution in [2.45, 2.75) is 0 Å². The Morgan fingerprint density at radius 1 is 0.583 bits per heavy atom. The summed E-state index contributed by atoms with van der Waals surface area (Å²) < 4.78 is 0. The molecular formula is C20H12O4. The summed E-state index contributed by atoms with van der Waals surface area (Å²) in [7, 11) is 0. The van der Waals surface area contributed by atoms with E-state index in [9.17, 15) is 19.2 Å². The molecule has 0 amide bonds. The number of carbonyl (C=O) groups excluding carboxylic acids is 4. The summed E-state index contributed by atoms with van der Waals surface area (Å²) in [5.41, 5.74) is 1.66. The van der Waals surface area contributed by atoms with Gasteiger partial charge in [0, 0.05) is 33.4 Å². The van der Waals surface area contributed by atoms with E-state index in [0.717, 1.165) is 5.39 Å². The summed E-state index contributed by atoms with van der Waals surface area (Å²) in [6.07, 6.45) is 2.51. The van der Waals surface area contributed by atoms with Crippen LogP contribution in [0.25, 0.3) is 21.9 Å². The second-order valence-electron chi connectivity index (χ2n) is 5.26. The average Bonchev–Trinajstić information content (AvgIpc) is 2.65. The molecule has 0 saturated carbocycles. The fraction of sp³-hybridized carbons (Fsp3) is 0. The molecule has 4 nitrogen and oxygen atoms in total. The van der Waals surface area contributed by atoms with E-state index in [1.54, 1.807) is 48.5 Å². The van der Waals surface area contributed by atoms with Crippen molar-refractivity contribution in [2.24, 2.45) is 0 Å². The smallest absolute Gasteiger partial charge is 0.151 e. The van der Waals surface area contributed by atoms with Gasteiger partial charge in [0.2, 0.25) is 0 Å². The lowest BCUT2D eigenvalue weighted by molar-refractivity contribution is 0.110. The number of benzene rings is 3. The van der Waals surface area contributed by atoms with Gasteiger partial charge >= 0.3 is 0 Å². The molecule has 0 radical (unpaired) electrons. The van der Waals surface area contributed by atoms with Crippen LogP contribution in [0.3, 0.4) is 0 Å². The maximum Gasteiger partial charge on any atom is 0.151 e. The van der Waals surface area contributed by atoms with Gasteiger partial charge in [-0.25, -0.2) is 0 Å². The van der Waals surface area contributed by atoms with E-state index in [1.807, 2.05) is 0 Å². The molecule has 0 saturated heterocycles. The first-order valence-electron chi connectivity index (χ1n) is 7.25. The molecule has 3 aromatic rings. The lowest BCUT2D eigenvalue weighted by atomic mass is 9.86. The monoisotopic (exact) mass is 316 g/mol. The molecule has 3 rings (SSSR count).